The fraction of sp³-hybridized carbons (Fsp3) is 0.214. The van der Waals surface area contributed by atoms with Crippen LogP contribution in [-0.4, -0.2) is 5.91 Å². The van der Waals surface area contributed by atoms with E-state index in [1.807, 2.05) is 0 Å². The van der Waals surface area contributed by atoms with Crippen molar-refractivity contribution in [3.05, 3.63) is 59.1 Å². The van der Waals surface area contributed by atoms with Crippen LogP contribution >= 0.6 is 0 Å². The van der Waals surface area contributed by atoms with Crippen LogP contribution in [0.3, 0.4) is 0 Å². The third-order valence-electron chi connectivity index (χ3n) is 2.76. The van der Waals surface area contributed by atoms with E-state index in [-0.39, 0.29) is 5.76 Å². The number of rotatable bonds is 3. The van der Waals surface area contributed by atoms with Crippen LogP contribution in [0.15, 0.2) is 34.7 Å². The third kappa shape index (κ3) is 2.99. The van der Waals surface area contributed by atoms with E-state index in [1.165, 1.54) is 6.07 Å². The molecule has 0 fully saturated rings. The molecule has 2 rings (SSSR count). The van der Waals surface area contributed by atoms with Gasteiger partial charge in [-0.3, -0.25) is 4.79 Å². The van der Waals surface area contributed by atoms with Crippen LogP contribution in [0.5, 0.6) is 0 Å². The minimum atomic E-state index is -0.938. The molecule has 0 saturated carbocycles. The molecular weight excluding hydrogens is 252 g/mol. The molecule has 1 heterocycles. The standard InChI is InChI=1S/C14H13F2NO2/c1-8-3-6-13(19-8)14(18)17-9(2)10-4-5-11(15)12(16)7-10/h3-7,9H,1-2H3,(H,17,18). The lowest BCUT2D eigenvalue weighted by Gasteiger charge is -2.13. The van der Waals surface area contributed by atoms with Crippen molar-refractivity contribution >= 4 is 5.91 Å². The topological polar surface area (TPSA) is 42.2 Å². The van der Waals surface area contributed by atoms with Gasteiger partial charge in [-0.05, 0) is 43.7 Å². The molecule has 0 spiro atoms. The molecule has 1 aromatic carbocycles. The molecular formula is C14H13F2NO2. The average Bonchev–Trinajstić information content (AvgIpc) is 2.79. The van der Waals surface area contributed by atoms with E-state index >= 15 is 0 Å². The molecule has 2 aromatic rings. The maximum atomic E-state index is 13.1. The van der Waals surface area contributed by atoms with Gasteiger partial charge in [0.25, 0.3) is 5.91 Å². The summed E-state index contributed by atoms with van der Waals surface area (Å²) in [5.74, 6) is -1.43. The summed E-state index contributed by atoms with van der Waals surface area (Å²) in [7, 11) is 0. The predicted molar refractivity (Wildman–Crippen MR) is 65.7 cm³/mol. The molecule has 0 aliphatic heterocycles. The maximum Gasteiger partial charge on any atom is 0.287 e. The molecule has 5 heteroatoms. The first kappa shape index (κ1) is 13.3. The smallest absolute Gasteiger partial charge is 0.287 e. The average molecular weight is 265 g/mol. The van der Waals surface area contributed by atoms with Crippen LogP contribution in [0.2, 0.25) is 0 Å². The minimum Gasteiger partial charge on any atom is -0.456 e. The number of carbonyl (C=O) groups is 1. The van der Waals surface area contributed by atoms with Gasteiger partial charge in [0, 0.05) is 0 Å². The quantitative estimate of drug-likeness (QED) is 0.924. The number of halogens is 2. The van der Waals surface area contributed by atoms with Crippen molar-refractivity contribution < 1.29 is 18.0 Å². The second-order valence-electron chi connectivity index (χ2n) is 4.28. The Morgan fingerprint density at radius 1 is 1.21 bits per heavy atom. The number of carbonyl (C=O) groups excluding carboxylic acids is 1. The number of benzene rings is 1. The molecule has 1 atom stereocenters. The second kappa shape index (κ2) is 5.22. The number of amides is 1. The Morgan fingerprint density at radius 3 is 2.53 bits per heavy atom. The summed E-state index contributed by atoms with van der Waals surface area (Å²) in [4.78, 5) is 11.8. The first-order valence-electron chi connectivity index (χ1n) is 5.79. The van der Waals surface area contributed by atoms with Gasteiger partial charge in [-0.1, -0.05) is 6.07 Å². The van der Waals surface area contributed by atoms with Gasteiger partial charge < -0.3 is 9.73 Å². The Hall–Kier alpha value is -2.17. The number of nitrogens with one attached hydrogen (secondary N) is 1. The summed E-state index contributed by atoms with van der Waals surface area (Å²) in [6, 6.07) is 6.31. The van der Waals surface area contributed by atoms with E-state index in [0.29, 0.717) is 11.3 Å². The van der Waals surface area contributed by atoms with Crippen molar-refractivity contribution in [3.63, 3.8) is 0 Å². The summed E-state index contributed by atoms with van der Waals surface area (Å²) in [6.07, 6.45) is 0. The monoisotopic (exact) mass is 265 g/mol. The Kier molecular flexibility index (Phi) is 3.64. The molecule has 1 amide bonds. The molecule has 0 saturated heterocycles. The zero-order valence-electron chi connectivity index (χ0n) is 10.5. The van der Waals surface area contributed by atoms with Gasteiger partial charge in [0.15, 0.2) is 17.4 Å². The van der Waals surface area contributed by atoms with E-state index in [2.05, 4.69) is 5.32 Å². The Morgan fingerprint density at radius 2 is 1.95 bits per heavy atom. The van der Waals surface area contributed by atoms with Crippen molar-refractivity contribution in [2.75, 3.05) is 0 Å². The number of hydrogen-bond acceptors (Lipinski definition) is 2. The van der Waals surface area contributed by atoms with E-state index in [1.54, 1.807) is 26.0 Å². The lowest BCUT2D eigenvalue weighted by atomic mass is 10.1. The normalized spacial score (nSPS) is 12.2. The van der Waals surface area contributed by atoms with Crippen molar-refractivity contribution in [3.8, 4) is 0 Å². The van der Waals surface area contributed by atoms with Gasteiger partial charge in [-0.15, -0.1) is 0 Å². The minimum absolute atomic E-state index is 0.187. The lowest BCUT2D eigenvalue weighted by Crippen LogP contribution is -2.26. The first-order valence-corrected chi connectivity index (χ1v) is 5.79. The van der Waals surface area contributed by atoms with E-state index in [0.717, 1.165) is 12.1 Å². The Balaban J connectivity index is 2.10. The highest BCUT2D eigenvalue weighted by Crippen LogP contribution is 2.17. The highest BCUT2D eigenvalue weighted by Gasteiger charge is 2.15. The highest BCUT2D eigenvalue weighted by molar-refractivity contribution is 5.91. The lowest BCUT2D eigenvalue weighted by molar-refractivity contribution is 0.0910. The molecule has 0 radical (unpaired) electrons. The van der Waals surface area contributed by atoms with Crippen molar-refractivity contribution in [2.45, 2.75) is 19.9 Å². The number of furan rings is 1. The molecule has 100 valence electrons. The third-order valence-corrected chi connectivity index (χ3v) is 2.76. The molecule has 0 aliphatic rings. The van der Waals surface area contributed by atoms with Crippen LogP contribution in [0.1, 0.15) is 34.8 Å². The largest absolute Gasteiger partial charge is 0.456 e. The van der Waals surface area contributed by atoms with E-state index in [9.17, 15) is 13.6 Å². The molecule has 19 heavy (non-hydrogen) atoms. The predicted octanol–water partition coefficient (Wildman–Crippen LogP) is 3.36. The molecule has 0 aliphatic carbocycles. The zero-order valence-corrected chi connectivity index (χ0v) is 10.5. The molecule has 0 bridgehead atoms. The summed E-state index contributed by atoms with van der Waals surface area (Å²) < 4.78 is 31.1. The SMILES string of the molecule is Cc1ccc(C(=O)NC(C)c2ccc(F)c(F)c2)o1. The molecule has 1 unspecified atom stereocenters. The van der Waals surface area contributed by atoms with Gasteiger partial charge >= 0.3 is 0 Å². The van der Waals surface area contributed by atoms with Crippen molar-refractivity contribution in [2.24, 2.45) is 0 Å². The van der Waals surface area contributed by atoms with Crippen molar-refractivity contribution in [1.82, 2.24) is 5.32 Å². The van der Waals surface area contributed by atoms with Gasteiger partial charge in [-0.25, -0.2) is 8.78 Å². The summed E-state index contributed by atoms with van der Waals surface area (Å²) in [6.45, 7) is 3.41. The zero-order chi connectivity index (χ0) is 14.0. The first-order chi connectivity index (χ1) is 8.97. The van der Waals surface area contributed by atoms with Crippen molar-refractivity contribution in [1.29, 1.82) is 0 Å². The van der Waals surface area contributed by atoms with E-state index < -0.39 is 23.6 Å². The van der Waals surface area contributed by atoms with Crippen LogP contribution in [-0.2, 0) is 0 Å². The fourth-order valence-corrected chi connectivity index (χ4v) is 1.69. The van der Waals surface area contributed by atoms with Gasteiger partial charge in [-0.2, -0.15) is 0 Å². The fourth-order valence-electron chi connectivity index (χ4n) is 1.69. The van der Waals surface area contributed by atoms with Crippen LogP contribution in [0.4, 0.5) is 8.78 Å². The summed E-state index contributed by atoms with van der Waals surface area (Å²) in [5.41, 5.74) is 0.482. The van der Waals surface area contributed by atoms with Gasteiger partial charge in [0.1, 0.15) is 5.76 Å². The second-order valence-corrected chi connectivity index (χ2v) is 4.28. The van der Waals surface area contributed by atoms with Crippen LogP contribution in [0.25, 0.3) is 0 Å². The highest BCUT2D eigenvalue weighted by atomic mass is 19.2. The van der Waals surface area contributed by atoms with E-state index in [4.69, 9.17) is 4.42 Å². The van der Waals surface area contributed by atoms with Crippen LogP contribution < -0.4 is 5.32 Å². The Bertz CT molecular complexity index is 607. The number of hydrogen-bond donors (Lipinski definition) is 1. The van der Waals surface area contributed by atoms with Gasteiger partial charge in [0.2, 0.25) is 0 Å². The number of aryl methyl sites for hydroxylation is 1. The molecule has 1 aromatic heterocycles. The van der Waals surface area contributed by atoms with Crippen LogP contribution in [0, 0.1) is 18.6 Å². The summed E-state index contributed by atoms with van der Waals surface area (Å²) >= 11 is 0. The molecule has 1 N–H and O–H groups in total. The molecule has 3 nitrogen and oxygen atoms in total. The Labute approximate surface area is 109 Å². The summed E-state index contributed by atoms with van der Waals surface area (Å²) in [5, 5.41) is 2.65. The maximum absolute atomic E-state index is 13.1. The van der Waals surface area contributed by atoms with Gasteiger partial charge in [0.05, 0.1) is 6.04 Å².